The number of carbonyl (C=O) groups excluding carboxylic acids is 3. The molecule has 0 spiro atoms. The number of carbonyl (C=O) groups is 5. The van der Waals surface area contributed by atoms with Gasteiger partial charge in [-0.15, -0.1) is 0 Å². The fourth-order valence-electron chi connectivity index (χ4n) is 10.2. The molecule has 0 bridgehead atoms. The van der Waals surface area contributed by atoms with Gasteiger partial charge >= 0.3 is 11.9 Å². The monoisotopic (exact) mass is 1210 g/mol. The van der Waals surface area contributed by atoms with Gasteiger partial charge in [0, 0.05) is 54.7 Å². The maximum absolute atomic E-state index is 13.9. The molecule has 82 heavy (non-hydrogen) atoms. The van der Waals surface area contributed by atoms with Crippen LogP contribution < -0.4 is 16.0 Å². The minimum atomic E-state index is -3.47. The zero-order valence-corrected chi connectivity index (χ0v) is 46.7. The number of aliphatic carboxylic acids is 2. The average molecular weight is 1210 g/mol. The summed E-state index contributed by atoms with van der Waals surface area (Å²) in [5, 5.41) is 183. The number of carboxylic acid groups (broad SMARTS) is 2. The predicted molar refractivity (Wildman–Crippen MR) is 266 cm³/mol. The summed E-state index contributed by atoms with van der Waals surface area (Å²) in [5.74, 6) is -13.7. The SMILES string of the molecule is CC(=O)N[C@H]1[C@H]([C@H](O)[C@H](O)CO)O[C@@](O[C@H](CO)[C@@H](O)[C@@H]2O[C@@](O[C@@H]3[C@@H](O)[C@H](O[C@H]4[C@H](O)[C@@H](O)[C@H](OCC[Si](C)(C)C)O[C@@H]4CO)O[C@H](CO)[C@@H]3O[C@@H]3O[C@H](CO)[C@H](O)C[C@H]3NC(C)=O)(C(=O)O)C[C@H](O)[C@H]2NC(C)=O)(C(=O)O)C[C@@H]1O. The molecule has 0 aromatic carbocycles. The van der Waals surface area contributed by atoms with Crippen molar-refractivity contribution in [1.29, 1.82) is 0 Å². The Balaban J connectivity index is 1.59. The standard InChI is InChI=1S/C47H81N3O31Si/c1-17(56)48-20-9-21(59)25(13-52)73-41(20)77-37-28(16-55)75-43(76-36-27(15-54)74-42(34(66)33(36)65)72-7-8-82(4,5)6)35(67)40(37)81-47(45(70)71)11-23(61)30(50-19(3)58)39(80-47)32(64)26(14-53)78-46(44(68)69)10-22(60)29(49-18(2)57)38(79-46)31(63)24(62)12-51/h20-43,51-55,59-67H,7-16H2,1-6H3,(H,48,56)(H,49,57)(H,50,58)(H,68,69)(H,70,71)/t20-,21-,22+,23+,24-,25-,26-,27-,28-,29-,30-,31-,32-,33-,34-,35-,36-,37+,38-,39-,40-,41+,42-,43+,46-,47+/m1/s1. The van der Waals surface area contributed by atoms with Crippen LogP contribution in [0.25, 0.3) is 0 Å². The Kier molecular flexibility index (Phi) is 24.8. The second-order valence-corrected chi connectivity index (χ2v) is 27.7. The van der Waals surface area contributed by atoms with Gasteiger partial charge in [-0.25, -0.2) is 9.59 Å². The third-order valence-corrected chi connectivity index (χ3v) is 16.2. The predicted octanol–water partition coefficient (Wildman–Crippen LogP) is -9.69. The van der Waals surface area contributed by atoms with E-state index < -0.39 is 242 Å². The Morgan fingerprint density at radius 1 is 0.585 bits per heavy atom. The maximum Gasteiger partial charge on any atom is 0.364 e. The molecule has 26 atom stereocenters. The summed E-state index contributed by atoms with van der Waals surface area (Å²) in [6.45, 7) is 3.58. The maximum atomic E-state index is 13.9. The van der Waals surface area contributed by atoms with Gasteiger partial charge in [-0.2, -0.15) is 0 Å². The first-order chi connectivity index (χ1) is 38.3. The lowest BCUT2D eigenvalue weighted by atomic mass is 9.87. The van der Waals surface area contributed by atoms with E-state index >= 15 is 0 Å². The van der Waals surface area contributed by atoms with E-state index in [2.05, 4.69) is 16.0 Å². The normalized spacial score (nSPS) is 40.6. The van der Waals surface area contributed by atoms with Crippen molar-refractivity contribution in [2.75, 3.05) is 39.6 Å². The third kappa shape index (κ3) is 16.4. The number of aliphatic hydroxyl groups excluding tert-OH is 14. The zero-order chi connectivity index (χ0) is 61.5. The van der Waals surface area contributed by atoms with E-state index in [1.165, 1.54) is 0 Å². The Morgan fingerprint density at radius 2 is 1.07 bits per heavy atom. The Labute approximate surface area is 469 Å². The second kappa shape index (κ2) is 29.3. The number of amides is 3. The summed E-state index contributed by atoms with van der Waals surface area (Å²) in [5.41, 5.74) is 0. The topological polar surface area (TPSA) is 537 Å². The molecule has 34 nitrogen and oxygen atoms in total. The summed E-state index contributed by atoms with van der Waals surface area (Å²) in [6.07, 6.45) is -45.9. The molecule has 5 heterocycles. The third-order valence-electron chi connectivity index (χ3n) is 14.5. The van der Waals surface area contributed by atoms with E-state index in [1.807, 2.05) is 19.6 Å². The largest absolute Gasteiger partial charge is 0.477 e. The fraction of sp³-hybridized carbons (Fsp3) is 0.894. The number of hydrogen-bond acceptors (Lipinski definition) is 29. The van der Waals surface area contributed by atoms with Gasteiger partial charge in [0.1, 0.15) is 91.6 Å². The van der Waals surface area contributed by atoms with Crippen LogP contribution in [0.3, 0.4) is 0 Å². The van der Waals surface area contributed by atoms with Crippen LogP contribution in [0.1, 0.15) is 40.0 Å². The Hall–Kier alpha value is -3.39. The van der Waals surface area contributed by atoms with Crippen LogP contribution in [0.15, 0.2) is 0 Å². The van der Waals surface area contributed by atoms with Crippen LogP contribution in [-0.4, -0.2) is 318 Å². The van der Waals surface area contributed by atoms with E-state index in [4.69, 9.17) is 47.4 Å². The first-order valence-electron chi connectivity index (χ1n) is 26.4. The molecule has 3 amide bonds. The van der Waals surface area contributed by atoms with Crippen LogP contribution in [-0.2, 0) is 71.3 Å². The lowest BCUT2D eigenvalue weighted by Crippen LogP contribution is -2.72. The van der Waals surface area contributed by atoms with E-state index in [9.17, 15) is 106 Å². The van der Waals surface area contributed by atoms with Gasteiger partial charge < -0.3 is 145 Å². The Morgan fingerprint density at radius 3 is 1.57 bits per heavy atom. The first kappa shape index (κ1) is 69.4. The summed E-state index contributed by atoms with van der Waals surface area (Å²) < 4.78 is 58.9. The van der Waals surface area contributed by atoms with Crippen molar-refractivity contribution < 1.29 is 153 Å². The number of hydrogen-bond donors (Lipinski definition) is 19. The van der Waals surface area contributed by atoms with E-state index in [0.29, 0.717) is 6.04 Å². The van der Waals surface area contributed by atoms with Gasteiger partial charge in [0.15, 0.2) is 18.9 Å². The quantitative estimate of drug-likeness (QED) is 0.0358. The number of ether oxygens (including phenoxy) is 10. The van der Waals surface area contributed by atoms with Crippen molar-refractivity contribution in [3.8, 4) is 0 Å². The molecule has 474 valence electrons. The molecule has 5 aliphatic heterocycles. The smallest absolute Gasteiger partial charge is 0.364 e. The molecule has 0 aromatic rings. The molecule has 0 radical (unpaired) electrons. The van der Waals surface area contributed by atoms with Crippen molar-refractivity contribution in [1.82, 2.24) is 16.0 Å². The van der Waals surface area contributed by atoms with Gasteiger partial charge in [-0.05, 0) is 6.04 Å². The van der Waals surface area contributed by atoms with Crippen molar-refractivity contribution >= 4 is 37.7 Å². The summed E-state index contributed by atoms with van der Waals surface area (Å²) in [6, 6.07) is -4.42. The van der Waals surface area contributed by atoms with Crippen molar-refractivity contribution in [3.63, 3.8) is 0 Å². The highest BCUT2D eigenvalue weighted by atomic mass is 28.3. The van der Waals surface area contributed by atoms with Gasteiger partial charge in [-0.1, -0.05) is 19.6 Å². The molecule has 5 rings (SSSR count). The number of carboxylic acids is 2. The summed E-state index contributed by atoms with van der Waals surface area (Å²) >= 11 is 0. The molecule has 5 aliphatic rings. The van der Waals surface area contributed by atoms with Crippen LogP contribution in [0.2, 0.25) is 25.7 Å². The minimum absolute atomic E-state index is 0.0775. The lowest BCUT2D eigenvalue weighted by molar-refractivity contribution is -0.400. The molecule has 0 saturated carbocycles. The molecular weight excluding hydrogens is 1130 g/mol. The highest BCUT2D eigenvalue weighted by Gasteiger charge is 2.63. The molecule has 19 N–H and O–H groups in total. The molecular formula is C47H81N3O31Si. The zero-order valence-electron chi connectivity index (χ0n) is 45.7. The molecule has 0 unspecified atom stereocenters. The van der Waals surface area contributed by atoms with E-state index in [-0.39, 0.29) is 13.0 Å². The number of rotatable bonds is 26. The van der Waals surface area contributed by atoms with Crippen molar-refractivity contribution in [2.24, 2.45) is 0 Å². The number of aliphatic hydroxyl groups is 14. The van der Waals surface area contributed by atoms with Gasteiger partial charge in [-0.3, -0.25) is 14.4 Å². The van der Waals surface area contributed by atoms with Gasteiger partial charge in [0.05, 0.1) is 69.5 Å². The van der Waals surface area contributed by atoms with Crippen LogP contribution in [0.4, 0.5) is 0 Å². The van der Waals surface area contributed by atoms with E-state index in [0.717, 1.165) is 20.8 Å². The lowest BCUT2D eigenvalue weighted by Gasteiger charge is -2.52. The van der Waals surface area contributed by atoms with Gasteiger partial charge in [0.2, 0.25) is 17.7 Å². The minimum Gasteiger partial charge on any atom is -0.477 e. The molecule has 5 fully saturated rings. The van der Waals surface area contributed by atoms with E-state index in [1.54, 1.807) is 0 Å². The second-order valence-electron chi connectivity index (χ2n) is 22.1. The first-order valence-corrected chi connectivity index (χ1v) is 30.1. The average Bonchev–Trinajstić information content (AvgIpc) is 2.65. The van der Waals surface area contributed by atoms with Crippen LogP contribution in [0, 0.1) is 0 Å². The molecule has 0 aliphatic carbocycles. The molecule has 35 heteroatoms. The Bertz CT molecular complexity index is 2120. The highest BCUT2D eigenvalue weighted by Crippen LogP contribution is 2.42. The van der Waals surface area contributed by atoms with Crippen molar-refractivity contribution in [3.05, 3.63) is 0 Å². The fourth-order valence-corrected chi connectivity index (χ4v) is 11.0. The van der Waals surface area contributed by atoms with Crippen molar-refractivity contribution in [2.45, 2.75) is 224 Å². The highest BCUT2D eigenvalue weighted by molar-refractivity contribution is 6.76. The molecule has 5 saturated heterocycles. The molecule has 0 aromatic heterocycles. The van der Waals surface area contributed by atoms with Gasteiger partial charge in [0.25, 0.3) is 11.6 Å². The summed E-state index contributed by atoms with van der Waals surface area (Å²) in [7, 11) is -1.70. The van der Waals surface area contributed by atoms with Crippen LogP contribution in [0.5, 0.6) is 0 Å². The number of nitrogens with one attached hydrogen (secondary N) is 3. The van der Waals surface area contributed by atoms with Crippen LogP contribution >= 0.6 is 0 Å². The summed E-state index contributed by atoms with van der Waals surface area (Å²) in [4.78, 5) is 64.3.